The lowest BCUT2D eigenvalue weighted by molar-refractivity contribution is -0.192. The van der Waals surface area contributed by atoms with Crippen LogP contribution < -0.4 is 4.74 Å². The fraction of sp³-hybridized carbons (Fsp3) is 0.238. The molecule has 0 radical (unpaired) electrons. The van der Waals surface area contributed by atoms with Crippen molar-refractivity contribution < 1.29 is 37.7 Å². The highest BCUT2D eigenvalue weighted by Crippen LogP contribution is 2.24. The van der Waals surface area contributed by atoms with E-state index in [2.05, 4.69) is 10.1 Å². The van der Waals surface area contributed by atoms with Crippen LogP contribution in [-0.2, 0) is 11.3 Å². The first kappa shape index (κ1) is 23.6. The van der Waals surface area contributed by atoms with Crippen LogP contribution in [-0.4, -0.2) is 61.1 Å². The van der Waals surface area contributed by atoms with Gasteiger partial charge in [-0.2, -0.15) is 18.3 Å². The number of amides is 1. The number of aromatic nitrogens is 3. The molecule has 0 spiro atoms. The summed E-state index contributed by atoms with van der Waals surface area (Å²) >= 11 is 0. The SMILES string of the molecule is O=C(O)C(F)(F)F.O=C(c1cccc(O)c1)N1Cc2ccnn2C(COc2cccnc2)C1. The van der Waals surface area contributed by atoms with Gasteiger partial charge in [-0.15, -0.1) is 0 Å². The summed E-state index contributed by atoms with van der Waals surface area (Å²) in [5.74, 6) is -2.13. The van der Waals surface area contributed by atoms with Gasteiger partial charge < -0.3 is 19.8 Å². The van der Waals surface area contributed by atoms with E-state index < -0.39 is 12.1 Å². The molecule has 9 nitrogen and oxygen atoms in total. The number of phenols is 1. The number of aromatic hydroxyl groups is 1. The zero-order valence-corrected chi connectivity index (χ0v) is 17.0. The van der Waals surface area contributed by atoms with E-state index >= 15 is 0 Å². The zero-order valence-electron chi connectivity index (χ0n) is 17.0. The second-order valence-corrected chi connectivity index (χ2v) is 6.96. The first-order valence-electron chi connectivity index (χ1n) is 9.59. The monoisotopic (exact) mass is 464 g/mol. The van der Waals surface area contributed by atoms with E-state index in [9.17, 15) is 23.1 Å². The Hall–Kier alpha value is -4.09. The number of alkyl halides is 3. The van der Waals surface area contributed by atoms with Crippen LogP contribution in [0.2, 0.25) is 0 Å². The Kier molecular flexibility index (Phi) is 7.16. The summed E-state index contributed by atoms with van der Waals surface area (Å²) in [6.07, 6.45) is -0.00796. The molecule has 2 N–H and O–H groups in total. The number of carboxylic acid groups (broad SMARTS) is 1. The maximum absolute atomic E-state index is 12.8. The summed E-state index contributed by atoms with van der Waals surface area (Å²) < 4.78 is 39.5. The maximum atomic E-state index is 12.8. The van der Waals surface area contributed by atoms with E-state index in [1.165, 1.54) is 6.07 Å². The van der Waals surface area contributed by atoms with Gasteiger partial charge in [0.15, 0.2) is 0 Å². The molecule has 4 rings (SSSR count). The van der Waals surface area contributed by atoms with Gasteiger partial charge in [-0.05, 0) is 36.4 Å². The molecule has 33 heavy (non-hydrogen) atoms. The third-order valence-electron chi connectivity index (χ3n) is 4.58. The summed E-state index contributed by atoms with van der Waals surface area (Å²) in [4.78, 5) is 27.5. The highest BCUT2D eigenvalue weighted by Gasteiger charge is 2.38. The van der Waals surface area contributed by atoms with Crippen molar-refractivity contribution in [3.63, 3.8) is 0 Å². The number of carbonyl (C=O) groups is 2. The number of rotatable bonds is 4. The number of fused-ring (bicyclic) bond motifs is 1. The molecule has 1 aliphatic rings. The zero-order chi connectivity index (χ0) is 24.0. The van der Waals surface area contributed by atoms with Crippen LogP contribution in [0.1, 0.15) is 22.1 Å². The Bertz CT molecular complexity index is 1100. The smallest absolute Gasteiger partial charge is 0.490 e. The van der Waals surface area contributed by atoms with E-state index in [0.29, 0.717) is 31.0 Å². The van der Waals surface area contributed by atoms with Gasteiger partial charge in [0.05, 0.1) is 18.4 Å². The van der Waals surface area contributed by atoms with Crippen LogP contribution in [0.15, 0.2) is 61.1 Å². The number of nitrogens with zero attached hydrogens (tertiary/aromatic N) is 4. The van der Waals surface area contributed by atoms with E-state index in [1.807, 2.05) is 22.9 Å². The molecule has 12 heteroatoms. The molecular weight excluding hydrogens is 445 g/mol. The molecule has 3 aromatic rings. The number of halogens is 3. The molecule has 1 amide bonds. The first-order chi connectivity index (χ1) is 15.6. The molecule has 1 atom stereocenters. The fourth-order valence-corrected chi connectivity index (χ4v) is 3.11. The number of pyridine rings is 1. The Morgan fingerprint density at radius 2 is 1.91 bits per heavy atom. The van der Waals surface area contributed by atoms with Gasteiger partial charge in [-0.3, -0.25) is 14.5 Å². The van der Waals surface area contributed by atoms with Crippen LogP contribution in [0.3, 0.4) is 0 Å². The predicted octanol–water partition coefficient (Wildman–Crippen LogP) is 2.89. The van der Waals surface area contributed by atoms with Crippen molar-refractivity contribution in [3.05, 3.63) is 72.3 Å². The fourth-order valence-electron chi connectivity index (χ4n) is 3.11. The third kappa shape index (κ3) is 6.21. The Morgan fingerprint density at radius 1 is 1.15 bits per heavy atom. The quantitative estimate of drug-likeness (QED) is 0.610. The number of carbonyl (C=O) groups excluding carboxylic acids is 1. The van der Waals surface area contributed by atoms with Crippen molar-refractivity contribution in [2.24, 2.45) is 0 Å². The van der Waals surface area contributed by atoms with Crippen LogP contribution in [0.25, 0.3) is 0 Å². The molecule has 0 aliphatic carbocycles. The minimum absolute atomic E-state index is 0.0781. The number of ether oxygens (including phenoxy) is 1. The number of benzene rings is 1. The van der Waals surface area contributed by atoms with Crippen molar-refractivity contribution in [1.82, 2.24) is 19.7 Å². The van der Waals surface area contributed by atoms with Gasteiger partial charge in [0.1, 0.15) is 24.1 Å². The largest absolute Gasteiger partial charge is 0.508 e. The topological polar surface area (TPSA) is 118 Å². The predicted molar refractivity (Wildman–Crippen MR) is 108 cm³/mol. The normalized spacial score (nSPS) is 15.1. The summed E-state index contributed by atoms with van der Waals surface area (Å²) in [5, 5.41) is 21.1. The van der Waals surface area contributed by atoms with E-state index in [1.54, 1.807) is 41.7 Å². The molecule has 174 valence electrons. The molecule has 1 aromatic carbocycles. The molecule has 2 aromatic heterocycles. The van der Waals surface area contributed by atoms with Crippen LogP contribution >= 0.6 is 0 Å². The second kappa shape index (κ2) is 10.0. The van der Waals surface area contributed by atoms with Crippen molar-refractivity contribution >= 4 is 11.9 Å². The number of carboxylic acids is 1. The Labute approximate surface area is 185 Å². The van der Waals surface area contributed by atoms with Gasteiger partial charge in [0, 0.05) is 24.5 Å². The van der Waals surface area contributed by atoms with Crippen LogP contribution in [0.5, 0.6) is 11.5 Å². The molecule has 1 aliphatic heterocycles. The van der Waals surface area contributed by atoms with Crippen molar-refractivity contribution in [3.8, 4) is 11.5 Å². The minimum atomic E-state index is -5.08. The van der Waals surface area contributed by atoms with Crippen molar-refractivity contribution in [2.45, 2.75) is 18.8 Å². The average Bonchev–Trinajstić information content (AvgIpc) is 3.26. The van der Waals surface area contributed by atoms with Crippen molar-refractivity contribution in [2.75, 3.05) is 13.2 Å². The maximum Gasteiger partial charge on any atom is 0.490 e. The summed E-state index contributed by atoms with van der Waals surface area (Å²) in [5.41, 5.74) is 1.41. The lowest BCUT2D eigenvalue weighted by atomic mass is 10.1. The number of phenolic OH excluding ortho intramolecular Hbond substituents is 1. The summed E-state index contributed by atoms with van der Waals surface area (Å²) in [7, 11) is 0. The van der Waals surface area contributed by atoms with E-state index in [4.69, 9.17) is 14.6 Å². The molecular formula is C21H19F3N4O5. The minimum Gasteiger partial charge on any atom is -0.508 e. The van der Waals surface area contributed by atoms with Crippen molar-refractivity contribution in [1.29, 1.82) is 0 Å². The second-order valence-electron chi connectivity index (χ2n) is 6.96. The molecule has 1 unspecified atom stereocenters. The van der Waals surface area contributed by atoms with Gasteiger partial charge in [-0.25, -0.2) is 4.79 Å². The Balaban J connectivity index is 0.000000383. The first-order valence-corrected chi connectivity index (χ1v) is 9.59. The summed E-state index contributed by atoms with van der Waals surface area (Å²) in [6.45, 7) is 1.32. The molecule has 0 saturated carbocycles. The van der Waals surface area contributed by atoms with Gasteiger partial charge >= 0.3 is 12.1 Å². The number of hydrogen-bond donors (Lipinski definition) is 2. The van der Waals surface area contributed by atoms with E-state index in [-0.39, 0.29) is 17.7 Å². The van der Waals surface area contributed by atoms with Crippen LogP contribution in [0.4, 0.5) is 13.2 Å². The molecule has 3 heterocycles. The average molecular weight is 464 g/mol. The lowest BCUT2D eigenvalue weighted by Crippen LogP contribution is -2.43. The van der Waals surface area contributed by atoms with E-state index in [0.717, 1.165) is 5.69 Å². The number of hydrogen-bond acceptors (Lipinski definition) is 6. The molecule has 0 saturated heterocycles. The van der Waals surface area contributed by atoms with Gasteiger partial charge in [0.25, 0.3) is 5.91 Å². The standard InChI is InChI=1S/C19H18N4O3.C2HF3O2/c24-17-4-1-3-14(9-17)19(25)22-11-15-6-8-21-23(15)16(12-22)13-26-18-5-2-7-20-10-18;3-2(4,5)1(6)7/h1-10,16,24H,11-13H2;(H,6,7). The highest BCUT2D eigenvalue weighted by atomic mass is 19.4. The summed E-state index contributed by atoms with van der Waals surface area (Å²) in [6, 6.07) is 11.9. The Morgan fingerprint density at radius 3 is 2.55 bits per heavy atom. The third-order valence-corrected chi connectivity index (χ3v) is 4.58. The highest BCUT2D eigenvalue weighted by molar-refractivity contribution is 5.94. The van der Waals surface area contributed by atoms with Gasteiger partial charge in [0.2, 0.25) is 0 Å². The lowest BCUT2D eigenvalue weighted by Gasteiger charge is -2.33. The van der Waals surface area contributed by atoms with Gasteiger partial charge in [-0.1, -0.05) is 6.07 Å². The molecule has 0 fully saturated rings. The molecule has 0 bridgehead atoms. The van der Waals surface area contributed by atoms with Crippen LogP contribution in [0, 0.1) is 0 Å². The number of aliphatic carboxylic acids is 1.